The average molecular weight is 283 g/mol. The summed E-state index contributed by atoms with van der Waals surface area (Å²) in [5, 5.41) is 0. The first-order valence-corrected chi connectivity index (χ1v) is 10.4. The van der Waals surface area contributed by atoms with Gasteiger partial charge >= 0.3 is 0 Å². The highest BCUT2D eigenvalue weighted by atomic mass is 28.4. The largest absolute Gasteiger partial charge is 0.410 e. The van der Waals surface area contributed by atoms with Crippen molar-refractivity contribution in [1.29, 1.82) is 0 Å². The highest BCUT2D eigenvalue weighted by Gasteiger charge is 2.46. The quantitative estimate of drug-likeness (QED) is 0.394. The first-order chi connectivity index (χ1) is 8.76. The van der Waals surface area contributed by atoms with E-state index in [4.69, 9.17) is 10.8 Å². The van der Waals surface area contributed by atoms with Crippen molar-refractivity contribution < 1.29 is 4.43 Å². The predicted octanol–water partition coefficient (Wildman–Crippen LogP) is 5.62. The maximum Gasteiger partial charge on any atom is 0.192 e. The van der Waals surface area contributed by atoms with Crippen LogP contribution in [0, 0.1) is 17.8 Å². The van der Waals surface area contributed by atoms with Crippen LogP contribution in [0.5, 0.6) is 0 Å². The van der Waals surface area contributed by atoms with Crippen LogP contribution in [0.4, 0.5) is 0 Å². The molecule has 0 N–H and O–H groups in total. The summed E-state index contributed by atoms with van der Waals surface area (Å²) in [6, 6.07) is 3.55. The Morgan fingerprint density at radius 2 is 1.47 bits per heavy atom. The summed E-state index contributed by atoms with van der Waals surface area (Å²) in [7, 11) is -1.62. The average Bonchev–Trinajstić information content (AvgIpc) is 2.36. The second-order valence-corrected chi connectivity index (χ2v) is 11.3. The summed E-state index contributed by atoms with van der Waals surface area (Å²) >= 11 is 0. The van der Waals surface area contributed by atoms with Gasteiger partial charge in [-0.15, -0.1) is 12.3 Å². The zero-order valence-corrected chi connectivity index (χ0v) is 15.2. The van der Waals surface area contributed by atoms with Gasteiger partial charge in [-0.1, -0.05) is 48.0 Å². The van der Waals surface area contributed by atoms with Gasteiger partial charge in [0, 0.05) is 6.42 Å². The van der Waals surface area contributed by atoms with E-state index in [1.165, 1.54) is 24.6 Å². The lowest BCUT2D eigenvalue weighted by molar-refractivity contribution is -0.0379. The molecule has 0 fully saturated rings. The van der Waals surface area contributed by atoms with Crippen LogP contribution in [-0.2, 0) is 4.43 Å². The number of hydrogen-bond acceptors (Lipinski definition) is 1. The minimum Gasteiger partial charge on any atom is -0.410 e. The normalized spacial score (nSPS) is 15.9. The van der Waals surface area contributed by atoms with Crippen LogP contribution in [0.3, 0.4) is 0 Å². The molecule has 0 saturated carbocycles. The number of hydrogen-bond donors (Lipinski definition) is 0. The van der Waals surface area contributed by atoms with E-state index in [0.717, 1.165) is 12.8 Å². The van der Waals surface area contributed by atoms with Gasteiger partial charge in [0.2, 0.25) is 0 Å². The molecule has 0 aromatic rings. The summed E-state index contributed by atoms with van der Waals surface area (Å²) in [6.07, 6.45) is 8.69. The predicted molar refractivity (Wildman–Crippen MR) is 88.8 cm³/mol. The van der Waals surface area contributed by atoms with Crippen LogP contribution in [0.25, 0.3) is 0 Å². The third-order valence-electron chi connectivity index (χ3n) is 5.12. The Morgan fingerprint density at radius 3 is 1.79 bits per heavy atom. The van der Waals surface area contributed by atoms with Gasteiger partial charge in [0.15, 0.2) is 8.32 Å². The molecule has 0 aliphatic heterocycles. The minimum atomic E-state index is -1.62. The Balaban J connectivity index is 5.36. The van der Waals surface area contributed by atoms with Crippen molar-refractivity contribution in [2.45, 2.75) is 91.5 Å². The van der Waals surface area contributed by atoms with Crippen molar-refractivity contribution >= 4 is 8.32 Å². The molecule has 1 unspecified atom stereocenters. The third-order valence-corrected chi connectivity index (χ3v) is 9.87. The fourth-order valence-corrected chi connectivity index (χ4v) is 6.18. The van der Waals surface area contributed by atoms with Crippen LogP contribution < -0.4 is 0 Å². The molecule has 0 aliphatic carbocycles. The molecule has 0 heterocycles. The highest BCUT2D eigenvalue weighted by Crippen LogP contribution is 2.44. The standard InChI is InChI=1S/C17H34OSi/c1-9-14-16(6,7)17(8,15-10-2)18-19(11-3,12-4)13-5/h2H,9,11-15H2,1,3-8H3. The maximum absolute atomic E-state index is 6.83. The summed E-state index contributed by atoms with van der Waals surface area (Å²) in [6.45, 7) is 15.9. The number of rotatable bonds is 9. The van der Waals surface area contributed by atoms with E-state index in [1.54, 1.807) is 0 Å². The second-order valence-electron chi connectivity index (χ2n) is 6.59. The molecule has 0 amide bonds. The SMILES string of the molecule is C#CCC(C)(O[Si](CC)(CC)CC)C(C)(C)CCC. The maximum atomic E-state index is 6.83. The van der Waals surface area contributed by atoms with Crippen LogP contribution in [0.15, 0.2) is 0 Å². The van der Waals surface area contributed by atoms with Crippen molar-refractivity contribution in [3.63, 3.8) is 0 Å². The molecule has 0 aromatic heterocycles. The molecule has 2 heteroatoms. The summed E-state index contributed by atoms with van der Waals surface area (Å²) in [4.78, 5) is 0. The molecule has 0 saturated heterocycles. The summed E-state index contributed by atoms with van der Waals surface area (Å²) in [5.74, 6) is 2.86. The van der Waals surface area contributed by atoms with E-state index in [1.807, 2.05) is 0 Å². The van der Waals surface area contributed by atoms with Crippen LogP contribution in [0.2, 0.25) is 18.1 Å². The molecule has 0 rings (SSSR count). The van der Waals surface area contributed by atoms with Gasteiger partial charge < -0.3 is 4.43 Å². The van der Waals surface area contributed by atoms with Crippen molar-refractivity contribution in [3.8, 4) is 12.3 Å². The molecule has 0 bridgehead atoms. The van der Waals surface area contributed by atoms with Gasteiger partial charge in [0.1, 0.15) is 0 Å². The molecular weight excluding hydrogens is 248 g/mol. The molecule has 0 aromatic carbocycles. The van der Waals surface area contributed by atoms with Gasteiger partial charge in [0.05, 0.1) is 5.60 Å². The van der Waals surface area contributed by atoms with Gasteiger partial charge in [-0.3, -0.25) is 0 Å². The van der Waals surface area contributed by atoms with Gasteiger partial charge in [-0.05, 0) is 36.9 Å². The topological polar surface area (TPSA) is 9.23 Å². The fraction of sp³-hybridized carbons (Fsp3) is 0.882. The van der Waals surface area contributed by atoms with E-state index in [0.29, 0.717) is 0 Å². The minimum absolute atomic E-state index is 0.131. The van der Waals surface area contributed by atoms with E-state index in [-0.39, 0.29) is 11.0 Å². The Morgan fingerprint density at radius 1 is 1.00 bits per heavy atom. The zero-order valence-electron chi connectivity index (χ0n) is 14.2. The Hall–Kier alpha value is -0.263. The molecule has 1 atom stereocenters. The second kappa shape index (κ2) is 7.50. The Labute approximate surface area is 122 Å². The van der Waals surface area contributed by atoms with Gasteiger partial charge in [0.25, 0.3) is 0 Å². The van der Waals surface area contributed by atoms with Gasteiger partial charge in [-0.25, -0.2) is 0 Å². The fourth-order valence-electron chi connectivity index (χ4n) is 2.94. The smallest absolute Gasteiger partial charge is 0.192 e. The van der Waals surface area contributed by atoms with E-state index < -0.39 is 8.32 Å². The zero-order chi connectivity index (χ0) is 15.2. The molecule has 0 radical (unpaired) electrons. The van der Waals surface area contributed by atoms with Crippen LogP contribution in [0.1, 0.15) is 67.7 Å². The highest BCUT2D eigenvalue weighted by molar-refractivity contribution is 6.73. The molecule has 0 aliphatic rings. The number of terminal acetylenes is 1. The van der Waals surface area contributed by atoms with E-state index >= 15 is 0 Å². The summed E-state index contributed by atoms with van der Waals surface area (Å²) in [5.41, 5.74) is -0.0576. The van der Waals surface area contributed by atoms with Gasteiger partial charge in [-0.2, -0.15) is 0 Å². The van der Waals surface area contributed by atoms with Crippen molar-refractivity contribution in [3.05, 3.63) is 0 Å². The molecule has 0 spiro atoms. The Kier molecular flexibility index (Phi) is 7.40. The first kappa shape index (κ1) is 18.7. The van der Waals surface area contributed by atoms with Crippen LogP contribution in [-0.4, -0.2) is 13.9 Å². The van der Waals surface area contributed by atoms with Crippen molar-refractivity contribution in [2.75, 3.05) is 0 Å². The van der Waals surface area contributed by atoms with E-state index in [9.17, 15) is 0 Å². The van der Waals surface area contributed by atoms with Crippen molar-refractivity contribution in [1.82, 2.24) is 0 Å². The van der Waals surface area contributed by atoms with E-state index in [2.05, 4.69) is 54.4 Å². The van der Waals surface area contributed by atoms with Crippen molar-refractivity contribution in [2.24, 2.45) is 5.41 Å². The lowest BCUT2D eigenvalue weighted by Gasteiger charge is -2.49. The van der Waals surface area contributed by atoms with Crippen LogP contribution >= 0.6 is 0 Å². The summed E-state index contributed by atoms with van der Waals surface area (Å²) < 4.78 is 6.83. The molecule has 19 heavy (non-hydrogen) atoms. The first-order valence-electron chi connectivity index (χ1n) is 7.90. The molecule has 1 nitrogen and oxygen atoms in total. The molecule has 112 valence electrons. The third kappa shape index (κ3) is 4.36. The Bertz CT molecular complexity index is 291. The molecular formula is C17H34OSi. The lowest BCUT2D eigenvalue weighted by Crippen LogP contribution is -2.53. The lowest BCUT2D eigenvalue weighted by atomic mass is 9.71. The monoisotopic (exact) mass is 282 g/mol.